The maximum Gasteiger partial charge on any atom is 0.336 e. The number of carbonyl (C=O) groups is 3. The molecule has 0 unspecified atom stereocenters. The quantitative estimate of drug-likeness (QED) is 0.519. The topological polar surface area (TPSA) is 88.2 Å². The fourth-order valence-electron chi connectivity index (χ4n) is 4.89. The summed E-state index contributed by atoms with van der Waals surface area (Å²) in [6, 6.07) is 8.04. The van der Waals surface area contributed by atoms with Gasteiger partial charge in [-0.15, -0.1) is 0 Å². The fraction of sp³-hybridized carbons (Fsp3) is 0.370. The number of benzene rings is 2. The van der Waals surface area contributed by atoms with E-state index in [1.165, 1.54) is 14.2 Å². The van der Waals surface area contributed by atoms with Crippen molar-refractivity contribution in [3.8, 4) is 11.5 Å². The fourth-order valence-corrected chi connectivity index (χ4v) is 4.89. The number of hydrogen-bond donors (Lipinski definition) is 1. The number of imide groups is 2. The molecule has 0 saturated carbocycles. The third-order valence-electron chi connectivity index (χ3n) is 7.05. The van der Waals surface area contributed by atoms with Crippen LogP contribution >= 0.6 is 0 Å². The van der Waals surface area contributed by atoms with Crippen molar-refractivity contribution in [2.45, 2.75) is 45.6 Å². The van der Waals surface area contributed by atoms with E-state index in [-0.39, 0.29) is 22.5 Å². The number of aryl methyl sites for hydroxylation is 1. The lowest BCUT2D eigenvalue weighted by molar-refractivity contribution is -0.122. The van der Waals surface area contributed by atoms with E-state index in [1.807, 2.05) is 13.0 Å². The Kier molecular flexibility index (Phi) is 6.09. The number of rotatable bonds is 4. The molecule has 0 bridgehead atoms. The first-order valence-electron chi connectivity index (χ1n) is 11.5. The monoisotopic (exact) mass is 477 g/mol. The van der Waals surface area contributed by atoms with Gasteiger partial charge in [0.2, 0.25) is 0 Å². The molecule has 1 atom stereocenters. The van der Waals surface area contributed by atoms with Crippen LogP contribution in [0.5, 0.6) is 11.5 Å². The molecule has 4 amide bonds. The summed E-state index contributed by atoms with van der Waals surface area (Å²) in [5.41, 5.74) is 4.12. The number of hydrogen-bond acceptors (Lipinski definition) is 6. The Hall–Kier alpha value is -3.81. The van der Waals surface area contributed by atoms with Gasteiger partial charge in [-0.25, -0.2) is 9.69 Å². The third-order valence-corrected chi connectivity index (χ3v) is 7.05. The van der Waals surface area contributed by atoms with E-state index in [0.29, 0.717) is 11.7 Å². The highest BCUT2D eigenvalue weighted by atomic mass is 16.5. The molecule has 1 fully saturated rings. The molecular formula is C27H31N3O5. The smallest absolute Gasteiger partial charge is 0.336 e. The predicted molar refractivity (Wildman–Crippen MR) is 135 cm³/mol. The van der Waals surface area contributed by atoms with Gasteiger partial charge in [-0.05, 0) is 80.1 Å². The summed E-state index contributed by atoms with van der Waals surface area (Å²) in [5, 5.41) is 2.28. The second kappa shape index (κ2) is 8.76. The molecule has 2 aliphatic rings. The number of urea groups is 1. The molecule has 0 aliphatic carbocycles. The van der Waals surface area contributed by atoms with Gasteiger partial charge in [-0.2, -0.15) is 0 Å². The molecule has 8 heteroatoms. The Morgan fingerprint density at radius 2 is 1.77 bits per heavy atom. The van der Waals surface area contributed by atoms with Crippen LogP contribution < -0.4 is 24.6 Å². The average molecular weight is 478 g/mol. The average Bonchev–Trinajstić information content (AvgIpc) is 2.80. The molecule has 0 spiro atoms. The van der Waals surface area contributed by atoms with Gasteiger partial charge < -0.3 is 14.4 Å². The molecule has 2 aromatic rings. The number of methoxy groups -OCH3 is 2. The van der Waals surface area contributed by atoms with Crippen LogP contribution in [0.15, 0.2) is 35.9 Å². The lowest BCUT2D eigenvalue weighted by Crippen LogP contribution is -2.54. The molecule has 2 aliphatic heterocycles. The summed E-state index contributed by atoms with van der Waals surface area (Å²) in [5.74, 6) is -0.357. The van der Waals surface area contributed by atoms with Crippen LogP contribution in [0.25, 0.3) is 6.08 Å². The Morgan fingerprint density at radius 1 is 1.06 bits per heavy atom. The molecule has 35 heavy (non-hydrogen) atoms. The minimum atomic E-state index is -0.833. The number of nitrogens with one attached hydrogen (secondary N) is 1. The number of barbiturate groups is 1. The SMILES string of the molecule is COc1ccc(N2C(=O)NC(=O)/C(=C\c3cc4c(cc3C)N(C)C(C)(C)C[C@@H]4C)C2=O)c(OC)c1. The minimum absolute atomic E-state index is 0.0241. The molecule has 0 aromatic heterocycles. The Morgan fingerprint density at radius 3 is 2.43 bits per heavy atom. The van der Waals surface area contributed by atoms with Gasteiger partial charge in [-0.1, -0.05) is 6.92 Å². The van der Waals surface area contributed by atoms with Gasteiger partial charge in [0.05, 0.1) is 19.9 Å². The highest BCUT2D eigenvalue weighted by Crippen LogP contribution is 2.44. The first-order valence-corrected chi connectivity index (χ1v) is 11.5. The van der Waals surface area contributed by atoms with Crippen LogP contribution in [-0.2, 0) is 9.59 Å². The molecule has 0 radical (unpaired) electrons. The molecular weight excluding hydrogens is 446 g/mol. The normalized spacial score (nSPS) is 20.6. The number of nitrogens with zero attached hydrogens (tertiary/aromatic N) is 2. The van der Waals surface area contributed by atoms with Crippen LogP contribution in [0.3, 0.4) is 0 Å². The van der Waals surface area contributed by atoms with Gasteiger partial charge in [0, 0.05) is 24.3 Å². The molecule has 2 aromatic carbocycles. The second-order valence-electron chi connectivity index (χ2n) is 9.74. The Balaban J connectivity index is 1.78. The first kappa shape index (κ1) is 24.3. The summed E-state index contributed by atoms with van der Waals surface area (Å²) in [4.78, 5) is 42.1. The molecule has 4 rings (SSSR count). The lowest BCUT2D eigenvalue weighted by atomic mass is 9.79. The largest absolute Gasteiger partial charge is 0.497 e. The Bertz CT molecular complexity index is 1260. The molecule has 8 nitrogen and oxygen atoms in total. The summed E-state index contributed by atoms with van der Waals surface area (Å²) >= 11 is 0. The molecule has 2 heterocycles. The highest BCUT2D eigenvalue weighted by molar-refractivity contribution is 6.39. The van der Waals surface area contributed by atoms with Crippen molar-refractivity contribution in [1.82, 2.24) is 5.32 Å². The van der Waals surface area contributed by atoms with Gasteiger partial charge in [0.15, 0.2) is 0 Å². The van der Waals surface area contributed by atoms with Crippen LogP contribution in [0.1, 0.15) is 49.8 Å². The summed E-state index contributed by atoms with van der Waals surface area (Å²) in [6.07, 6.45) is 2.55. The van der Waals surface area contributed by atoms with Crippen molar-refractivity contribution < 1.29 is 23.9 Å². The molecule has 184 valence electrons. The predicted octanol–water partition coefficient (Wildman–Crippen LogP) is 4.40. The number of anilines is 2. The van der Waals surface area contributed by atoms with Crippen molar-refractivity contribution >= 4 is 35.3 Å². The van der Waals surface area contributed by atoms with E-state index in [4.69, 9.17) is 9.47 Å². The van der Waals surface area contributed by atoms with Crippen molar-refractivity contribution in [1.29, 1.82) is 0 Å². The van der Waals surface area contributed by atoms with Gasteiger partial charge in [-0.3, -0.25) is 14.9 Å². The first-order chi connectivity index (χ1) is 16.5. The lowest BCUT2D eigenvalue weighted by Gasteiger charge is -2.45. The maximum atomic E-state index is 13.5. The summed E-state index contributed by atoms with van der Waals surface area (Å²) in [6.45, 7) is 8.59. The third kappa shape index (κ3) is 4.13. The van der Waals surface area contributed by atoms with Gasteiger partial charge in [0.25, 0.3) is 11.8 Å². The zero-order valence-corrected chi connectivity index (χ0v) is 21.2. The van der Waals surface area contributed by atoms with E-state index in [1.54, 1.807) is 24.3 Å². The highest BCUT2D eigenvalue weighted by Gasteiger charge is 2.39. The second-order valence-corrected chi connectivity index (χ2v) is 9.74. The van der Waals surface area contributed by atoms with Crippen molar-refractivity contribution in [3.05, 3.63) is 52.6 Å². The van der Waals surface area contributed by atoms with Crippen LogP contribution in [0, 0.1) is 6.92 Å². The number of carbonyl (C=O) groups excluding carboxylic acids is 3. The zero-order valence-electron chi connectivity index (χ0n) is 21.2. The summed E-state index contributed by atoms with van der Waals surface area (Å²) in [7, 11) is 5.03. The van der Waals surface area contributed by atoms with E-state index >= 15 is 0 Å². The maximum absolute atomic E-state index is 13.5. The van der Waals surface area contributed by atoms with E-state index < -0.39 is 17.8 Å². The van der Waals surface area contributed by atoms with E-state index in [0.717, 1.165) is 33.7 Å². The van der Waals surface area contributed by atoms with Gasteiger partial charge >= 0.3 is 6.03 Å². The molecule has 1 saturated heterocycles. The summed E-state index contributed by atoms with van der Waals surface area (Å²) < 4.78 is 10.6. The van der Waals surface area contributed by atoms with Gasteiger partial charge in [0.1, 0.15) is 17.1 Å². The standard InChI is InChI=1S/C27H31N3O5/c1-15-10-22-19(16(2)14-27(3,4)29(22)5)11-17(15)12-20-24(31)28-26(33)30(25(20)32)21-9-8-18(34-6)13-23(21)35-7/h8-13,16H,14H2,1-7H3,(H,28,31,33)/b20-12+/t16-/m0/s1. The number of fused-ring (bicyclic) bond motifs is 1. The van der Waals surface area contributed by atoms with Crippen LogP contribution in [0.2, 0.25) is 0 Å². The van der Waals surface area contributed by atoms with Crippen LogP contribution in [0.4, 0.5) is 16.2 Å². The zero-order chi connectivity index (χ0) is 25.7. The Labute approximate surface area is 205 Å². The molecule has 1 N–H and O–H groups in total. The van der Waals surface area contributed by atoms with E-state index in [9.17, 15) is 14.4 Å². The van der Waals surface area contributed by atoms with Crippen molar-refractivity contribution in [2.75, 3.05) is 31.1 Å². The van der Waals surface area contributed by atoms with Crippen molar-refractivity contribution in [3.63, 3.8) is 0 Å². The van der Waals surface area contributed by atoms with Crippen LogP contribution in [-0.4, -0.2) is 44.7 Å². The minimum Gasteiger partial charge on any atom is -0.497 e. The number of ether oxygens (including phenoxy) is 2. The number of amides is 4. The van der Waals surface area contributed by atoms with E-state index in [2.05, 4.69) is 44.1 Å². The van der Waals surface area contributed by atoms with Crippen molar-refractivity contribution in [2.24, 2.45) is 0 Å².